The molecule has 35 heavy (non-hydrogen) atoms. The maximum atomic E-state index is 15.4. The van der Waals surface area contributed by atoms with E-state index in [0.29, 0.717) is 28.4 Å². The second kappa shape index (κ2) is 9.22. The summed E-state index contributed by atoms with van der Waals surface area (Å²) in [6, 6.07) is 1.42. The van der Waals surface area contributed by atoms with Crippen LogP contribution in [-0.2, 0) is 0 Å². The van der Waals surface area contributed by atoms with Crippen LogP contribution >= 0.6 is 11.6 Å². The Bertz CT molecular complexity index is 1280. The highest BCUT2D eigenvalue weighted by Gasteiger charge is 2.38. The summed E-state index contributed by atoms with van der Waals surface area (Å²) in [5, 5.41) is -0.271. The highest BCUT2D eigenvalue weighted by Crippen LogP contribution is 2.41. The number of benzene rings is 1. The molecule has 3 aromatic rings. The molecule has 0 bridgehead atoms. The van der Waals surface area contributed by atoms with Crippen LogP contribution in [0.2, 0.25) is 5.02 Å². The number of likely N-dealkylation sites (tertiary alicyclic amines) is 1. The van der Waals surface area contributed by atoms with Crippen LogP contribution in [-0.4, -0.2) is 50.3 Å². The quantitative estimate of drug-likeness (QED) is 0.509. The summed E-state index contributed by atoms with van der Waals surface area (Å²) < 4.78 is 50.5. The van der Waals surface area contributed by atoms with Crippen LogP contribution in [0, 0.1) is 12.7 Å². The summed E-state index contributed by atoms with van der Waals surface area (Å²) in [6.07, 6.45) is 1.88. The molecule has 0 unspecified atom stereocenters. The van der Waals surface area contributed by atoms with Crippen LogP contribution in [0.5, 0.6) is 5.75 Å². The zero-order valence-corrected chi connectivity index (χ0v) is 20.7. The van der Waals surface area contributed by atoms with Crippen LogP contribution < -0.4 is 10.5 Å². The van der Waals surface area contributed by atoms with E-state index < -0.39 is 42.5 Å². The van der Waals surface area contributed by atoms with Crippen LogP contribution in [0.4, 0.5) is 19.0 Å². The first-order valence-corrected chi connectivity index (χ1v) is 11.7. The van der Waals surface area contributed by atoms with Crippen molar-refractivity contribution < 1.29 is 22.7 Å². The molecule has 1 saturated heterocycles. The lowest BCUT2D eigenvalue weighted by Crippen LogP contribution is -2.43. The summed E-state index contributed by atoms with van der Waals surface area (Å²) in [7, 11) is 0. The van der Waals surface area contributed by atoms with Crippen molar-refractivity contribution in [3.63, 3.8) is 0 Å². The van der Waals surface area contributed by atoms with Gasteiger partial charge in [-0.25, -0.2) is 23.1 Å². The molecule has 0 radical (unpaired) electrons. The average molecular weight is 510 g/mol. The summed E-state index contributed by atoms with van der Waals surface area (Å²) in [5.74, 6) is -4.13. The number of aromatic nitrogens is 3. The number of carbonyl (C=O) groups is 1. The van der Waals surface area contributed by atoms with Gasteiger partial charge in [0.25, 0.3) is 11.8 Å². The second-order valence-electron chi connectivity index (χ2n) is 9.09. The number of rotatable bonds is 5. The minimum Gasteiger partial charge on any atom is -0.490 e. The van der Waals surface area contributed by atoms with Gasteiger partial charge in [0, 0.05) is 49.8 Å². The number of piperidine rings is 1. The minimum absolute atomic E-state index is 0.0214. The first-order chi connectivity index (χ1) is 16.4. The molecule has 1 aliphatic heterocycles. The van der Waals surface area contributed by atoms with Crippen molar-refractivity contribution in [2.75, 3.05) is 18.8 Å². The molecular formula is C24H27ClF3N5O2. The highest BCUT2D eigenvalue weighted by molar-refractivity contribution is 6.31. The van der Waals surface area contributed by atoms with Gasteiger partial charge in [0.1, 0.15) is 28.5 Å². The molecule has 2 aromatic heterocycles. The van der Waals surface area contributed by atoms with Crippen LogP contribution in [0.3, 0.4) is 0 Å². The van der Waals surface area contributed by atoms with Crippen LogP contribution in [0.15, 0.2) is 18.5 Å². The normalized spacial score (nSPS) is 16.7. The van der Waals surface area contributed by atoms with Crippen molar-refractivity contribution in [3.8, 4) is 5.75 Å². The third kappa shape index (κ3) is 4.63. The number of aryl methyl sites for hydroxylation is 1. The first-order valence-electron chi connectivity index (χ1n) is 11.4. The second-order valence-corrected chi connectivity index (χ2v) is 9.50. The first kappa shape index (κ1) is 25.1. The molecular weight excluding hydrogens is 483 g/mol. The SMILES string of the molecule is Cc1nc([C@@H](C)c2cc(Cl)c(F)c(C(=O)N3CCC(F)(F)CC3)c2OC(C)C)n2ccnc(N)c12. The van der Waals surface area contributed by atoms with Crippen molar-refractivity contribution in [2.24, 2.45) is 0 Å². The number of amides is 1. The fourth-order valence-corrected chi connectivity index (χ4v) is 4.62. The Morgan fingerprint density at radius 1 is 1.26 bits per heavy atom. The Balaban J connectivity index is 1.86. The zero-order valence-electron chi connectivity index (χ0n) is 19.9. The van der Waals surface area contributed by atoms with Crippen molar-refractivity contribution in [1.29, 1.82) is 0 Å². The number of imidazole rings is 1. The predicted molar refractivity (Wildman–Crippen MR) is 127 cm³/mol. The number of hydrogen-bond acceptors (Lipinski definition) is 5. The zero-order chi connectivity index (χ0) is 25.7. The average Bonchev–Trinajstić information content (AvgIpc) is 3.13. The number of anilines is 1. The van der Waals surface area contributed by atoms with Crippen LogP contribution in [0.1, 0.15) is 67.0 Å². The van der Waals surface area contributed by atoms with E-state index in [1.807, 2.05) is 6.92 Å². The summed E-state index contributed by atoms with van der Waals surface area (Å²) in [4.78, 5) is 23.4. The number of nitrogen functional groups attached to an aromatic ring is 1. The molecule has 1 atom stereocenters. The van der Waals surface area contributed by atoms with Gasteiger partial charge in [-0.15, -0.1) is 0 Å². The maximum absolute atomic E-state index is 15.4. The lowest BCUT2D eigenvalue weighted by atomic mass is 9.95. The third-order valence-electron chi connectivity index (χ3n) is 6.19. The Morgan fingerprint density at radius 3 is 2.54 bits per heavy atom. The fraction of sp³-hybridized carbons (Fsp3) is 0.458. The van der Waals surface area contributed by atoms with Gasteiger partial charge < -0.3 is 15.4 Å². The number of carbonyl (C=O) groups excluding carboxylic acids is 1. The lowest BCUT2D eigenvalue weighted by molar-refractivity contribution is -0.0495. The summed E-state index contributed by atoms with van der Waals surface area (Å²) in [5.41, 5.74) is 7.42. The predicted octanol–water partition coefficient (Wildman–Crippen LogP) is 5.22. The van der Waals surface area contributed by atoms with Crippen LogP contribution in [0.25, 0.3) is 5.52 Å². The van der Waals surface area contributed by atoms with Gasteiger partial charge >= 0.3 is 0 Å². The van der Waals surface area contributed by atoms with E-state index in [1.54, 1.807) is 37.6 Å². The van der Waals surface area contributed by atoms with Gasteiger partial charge in [-0.05, 0) is 26.8 Å². The van der Waals surface area contributed by atoms with Crippen molar-refractivity contribution in [1.82, 2.24) is 19.3 Å². The van der Waals surface area contributed by atoms with Gasteiger partial charge in [0.05, 0.1) is 16.8 Å². The molecule has 0 aliphatic carbocycles. The van der Waals surface area contributed by atoms with Gasteiger partial charge in [0.2, 0.25) is 0 Å². The largest absolute Gasteiger partial charge is 0.490 e. The summed E-state index contributed by atoms with van der Waals surface area (Å²) in [6.45, 7) is 6.74. The monoisotopic (exact) mass is 509 g/mol. The molecule has 1 amide bonds. The van der Waals surface area contributed by atoms with Gasteiger partial charge in [0.15, 0.2) is 5.82 Å². The molecule has 1 aliphatic rings. The Hall–Kier alpha value is -3.01. The molecule has 0 spiro atoms. The smallest absolute Gasteiger partial charge is 0.260 e. The Morgan fingerprint density at radius 2 is 1.91 bits per heavy atom. The number of nitrogens with two attached hydrogens (primary N) is 1. The Labute approximate surface area is 206 Å². The standard InChI is InChI=1S/C24H27ClF3N5O2/c1-12(2)35-20-15(13(3)22-31-14(4)19-21(29)30-7-10-33(19)22)11-16(25)18(26)17(20)23(34)32-8-5-24(27,28)6-9-32/h7,10-13H,5-6,8-9H2,1-4H3,(H2,29,30)/t13-/m0/s1. The van der Waals surface area contributed by atoms with Gasteiger partial charge in [-0.3, -0.25) is 9.20 Å². The van der Waals surface area contributed by atoms with E-state index in [0.717, 1.165) is 0 Å². The number of hydrogen-bond donors (Lipinski definition) is 1. The maximum Gasteiger partial charge on any atom is 0.260 e. The van der Waals surface area contributed by atoms with E-state index in [9.17, 15) is 13.6 Å². The topological polar surface area (TPSA) is 85.8 Å². The van der Waals surface area contributed by atoms with Crippen molar-refractivity contribution in [2.45, 2.75) is 58.5 Å². The highest BCUT2D eigenvalue weighted by atomic mass is 35.5. The number of ether oxygens (including phenoxy) is 1. The number of halogens is 4. The lowest BCUT2D eigenvalue weighted by Gasteiger charge is -2.32. The fourth-order valence-electron chi connectivity index (χ4n) is 4.41. The molecule has 4 rings (SSSR count). The van der Waals surface area contributed by atoms with Crippen molar-refractivity contribution in [3.05, 3.63) is 51.9 Å². The number of fused-ring (bicyclic) bond motifs is 1. The molecule has 1 aromatic carbocycles. The molecule has 2 N–H and O–H groups in total. The van der Waals surface area contributed by atoms with E-state index in [-0.39, 0.29) is 29.4 Å². The molecule has 11 heteroatoms. The molecule has 0 saturated carbocycles. The van der Waals surface area contributed by atoms with Gasteiger partial charge in [-0.1, -0.05) is 18.5 Å². The van der Waals surface area contributed by atoms with E-state index in [2.05, 4.69) is 9.97 Å². The summed E-state index contributed by atoms with van der Waals surface area (Å²) >= 11 is 6.26. The van der Waals surface area contributed by atoms with Crippen molar-refractivity contribution >= 4 is 28.8 Å². The Kier molecular flexibility index (Phi) is 6.61. The molecule has 188 valence electrons. The molecule has 3 heterocycles. The van der Waals surface area contributed by atoms with E-state index >= 15 is 4.39 Å². The number of alkyl halides is 2. The number of nitrogens with zero attached hydrogens (tertiary/aromatic N) is 4. The molecule has 7 nitrogen and oxygen atoms in total. The van der Waals surface area contributed by atoms with E-state index in [4.69, 9.17) is 22.1 Å². The minimum atomic E-state index is -2.85. The van der Waals surface area contributed by atoms with Gasteiger partial charge in [-0.2, -0.15) is 0 Å². The molecule has 1 fully saturated rings. The third-order valence-corrected chi connectivity index (χ3v) is 6.46. The van der Waals surface area contributed by atoms with E-state index in [1.165, 1.54) is 11.0 Å².